The summed E-state index contributed by atoms with van der Waals surface area (Å²) in [6.07, 6.45) is 0. The molecule has 3 rings (SSSR count). The number of nitrogens with zero attached hydrogens (tertiary/aromatic N) is 1. The van der Waals surface area contributed by atoms with Gasteiger partial charge in [0.05, 0.1) is 19.9 Å². The van der Waals surface area contributed by atoms with Gasteiger partial charge < -0.3 is 23.9 Å². The van der Waals surface area contributed by atoms with E-state index in [4.69, 9.17) is 18.6 Å². The first-order valence-corrected chi connectivity index (χ1v) is 9.23. The molecule has 0 aliphatic rings. The molecule has 0 aliphatic heterocycles. The average molecular weight is 402 g/mol. The zero-order valence-electron chi connectivity index (χ0n) is 15.3. The topological polar surface area (TPSA) is 99.9 Å². The summed E-state index contributed by atoms with van der Waals surface area (Å²) >= 11 is 1.10. The number of fused-ring (bicyclic) bond motifs is 1. The lowest BCUT2D eigenvalue weighted by molar-refractivity contribution is -0.144. The van der Waals surface area contributed by atoms with Crippen molar-refractivity contribution in [2.45, 2.75) is 5.22 Å². The zero-order chi connectivity index (χ0) is 19.9. The Bertz CT molecular complexity index is 954. The number of para-hydroxylation sites is 2. The molecule has 28 heavy (non-hydrogen) atoms. The minimum atomic E-state index is -0.552. The number of carbonyl (C=O) groups excluding carboxylic acids is 2. The molecule has 1 aromatic heterocycles. The van der Waals surface area contributed by atoms with E-state index in [1.807, 2.05) is 18.2 Å². The summed E-state index contributed by atoms with van der Waals surface area (Å²) in [5.41, 5.74) is 1.81. The van der Waals surface area contributed by atoms with Crippen LogP contribution in [0.1, 0.15) is 0 Å². The first-order chi connectivity index (χ1) is 13.6. The Morgan fingerprint density at radius 1 is 1.14 bits per heavy atom. The third-order valence-corrected chi connectivity index (χ3v) is 4.44. The second-order valence-corrected chi connectivity index (χ2v) is 6.44. The van der Waals surface area contributed by atoms with Crippen molar-refractivity contribution in [1.29, 1.82) is 0 Å². The monoisotopic (exact) mass is 402 g/mol. The van der Waals surface area contributed by atoms with Gasteiger partial charge in [-0.25, -0.2) is 4.98 Å². The molecule has 9 heteroatoms. The normalized spacial score (nSPS) is 10.5. The highest BCUT2D eigenvalue weighted by atomic mass is 32.2. The van der Waals surface area contributed by atoms with Gasteiger partial charge in [0, 0.05) is 6.07 Å². The van der Waals surface area contributed by atoms with Gasteiger partial charge in [-0.1, -0.05) is 23.9 Å². The highest BCUT2D eigenvalue weighted by molar-refractivity contribution is 7.99. The van der Waals surface area contributed by atoms with Crippen molar-refractivity contribution in [3.05, 3.63) is 42.5 Å². The molecule has 1 N–H and O–H groups in total. The minimum Gasteiger partial charge on any atom is -0.497 e. The lowest BCUT2D eigenvalue weighted by Gasteiger charge is -2.11. The van der Waals surface area contributed by atoms with E-state index < -0.39 is 18.5 Å². The van der Waals surface area contributed by atoms with Gasteiger partial charge in [0.15, 0.2) is 12.2 Å². The first kappa shape index (κ1) is 19.6. The number of benzene rings is 2. The fraction of sp³-hybridized carbons (Fsp3) is 0.211. The molecular weight excluding hydrogens is 384 g/mol. The SMILES string of the molecule is COc1ccc(NC(=O)COC(=O)CSc2nc3ccccc3o2)c(OC)c1. The van der Waals surface area contributed by atoms with Crippen LogP contribution in [0.3, 0.4) is 0 Å². The van der Waals surface area contributed by atoms with E-state index in [-0.39, 0.29) is 5.75 Å². The molecule has 0 radical (unpaired) electrons. The molecule has 8 nitrogen and oxygen atoms in total. The molecule has 0 spiro atoms. The number of carbonyl (C=O) groups is 2. The van der Waals surface area contributed by atoms with Gasteiger partial charge in [0.2, 0.25) is 0 Å². The predicted octanol–water partition coefficient (Wildman–Crippen LogP) is 3.12. The lowest BCUT2D eigenvalue weighted by Crippen LogP contribution is -2.21. The minimum absolute atomic E-state index is 0.0219. The number of hydrogen-bond acceptors (Lipinski definition) is 8. The number of methoxy groups -OCH3 is 2. The van der Waals surface area contributed by atoms with Crippen LogP contribution in [0.2, 0.25) is 0 Å². The Hall–Kier alpha value is -3.20. The quantitative estimate of drug-likeness (QED) is 0.453. The van der Waals surface area contributed by atoms with Crippen molar-refractivity contribution in [3.63, 3.8) is 0 Å². The number of thioether (sulfide) groups is 1. The van der Waals surface area contributed by atoms with Gasteiger partial charge in [-0.05, 0) is 24.3 Å². The Balaban J connectivity index is 1.47. The van der Waals surface area contributed by atoms with Crippen LogP contribution in [0.5, 0.6) is 11.5 Å². The van der Waals surface area contributed by atoms with Crippen molar-refractivity contribution >= 4 is 40.4 Å². The van der Waals surface area contributed by atoms with Gasteiger partial charge in [-0.15, -0.1) is 0 Å². The van der Waals surface area contributed by atoms with E-state index in [1.165, 1.54) is 14.2 Å². The number of oxazole rings is 1. The van der Waals surface area contributed by atoms with Gasteiger partial charge in [0.1, 0.15) is 22.8 Å². The molecule has 0 unspecified atom stereocenters. The lowest BCUT2D eigenvalue weighted by atomic mass is 10.2. The van der Waals surface area contributed by atoms with Crippen molar-refractivity contribution in [2.24, 2.45) is 0 Å². The summed E-state index contributed by atoms with van der Waals surface area (Å²) in [7, 11) is 3.01. The number of ether oxygens (including phenoxy) is 3. The standard InChI is InChI=1S/C19H18N2O6S/c1-24-12-7-8-14(16(9-12)25-2)20-17(22)10-26-18(23)11-28-19-21-13-5-3-4-6-15(13)27-19/h3-9H,10-11H2,1-2H3,(H,20,22). The Kier molecular flexibility index (Phi) is 6.38. The Morgan fingerprint density at radius 3 is 2.71 bits per heavy atom. The molecule has 1 amide bonds. The fourth-order valence-electron chi connectivity index (χ4n) is 2.31. The first-order valence-electron chi connectivity index (χ1n) is 8.25. The third kappa shape index (κ3) is 4.95. The van der Waals surface area contributed by atoms with Crippen LogP contribution < -0.4 is 14.8 Å². The van der Waals surface area contributed by atoms with Gasteiger partial charge in [0.25, 0.3) is 11.1 Å². The van der Waals surface area contributed by atoms with Crippen LogP contribution in [0.25, 0.3) is 11.1 Å². The molecule has 0 saturated carbocycles. The maximum absolute atomic E-state index is 12.0. The summed E-state index contributed by atoms with van der Waals surface area (Å²) in [5, 5.41) is 2.99. The second-order valence-electron chi connectivity index (χ2n) is 5.51. The Labute approximate surface area is 165 Å². The molecule has 0 saturated heterocycles. The largest absolute Gasteiger partial charge is 0.497 e. The van der Waals surface area contributed by atoms with Crippen molar-refractivity contribution in [1.82, 2.24) is 4.98 Å². The van der Waals surface area contributed by atoms with Gasteiger partial charge in [-0.2, -0.15) is 0 Å². The Morgan fingerprint density at radius 2 is 1.96 bits per heavy atom. The van der Waals surface area contributed by atoms with Crippen molar-refractivity contribution in [3.8, 4) is 11.5 Å². The third-order valence-electron chi connectivity index (χ3n) is 3.63. The summed E-state index contributed by atoms with van der Waals surface area (Å²) in [4.78, 5) is 28.1. The molecule has 0 atom stereocenters. The van der Waals surface area contributed by atoms with Crippen molar-refractivity contribution in [2.75, 3.05) is 31.9 Å². The van der Waals surface area contributed by atoms with Crippen LogP contribution in [-0.2, 0) is 14.3 Å². The summed E-state index contributed by atoms with van der Waals surface area (Å²) in [6.45, 7) is -0.415. The summed E-state index contributed by atoms with van der Waals surface area (Å²) in [6, 6.07) is 12.3. The average Bonchev–Trinajstić information content (AvgIpc) is 3.14. The highest BCUT2D eigenvalue weighted by Gasteiger charge is 2.13. The van der Waals surface area contributed by atoms with Crippen LogP contribution in [0.15, 0.2) is 52.1 Å². The number of esters is 1. The second kappa shape index (κ2) is 9.14. The van der Waals surface area contributed by atoms with E-state index in [1.54, 1.807) is 24.3 Å². The van der Waals surface area contributed by atoms with E-state index in [0.29, 0.717) is 33.5 Å². The smallest absolute Gasteiger partial charge is 0.316 e. The fourth-order valence-corrected chi connectivity index (χ4v) is 2.95. The van der Waals surface area contributed by atoms with Gasteiger partial charge >= 0.3 is 5.97 Å². The highest BCUT2D eigenvalue weighted by Crippen LogP contribution is 2.29. The number of anilines is 1. The van der Waals surface area contributed by atoms with Crippen LogP contribution in [-0.4, -0.2) is 43.4 Å². The molecule has 0 fully saturated rings. The maximum Gasteiger partial charge on any atom is 0.316 e. The van der Waals surface area contributed by atoms with E-state index >= 15 is 0 Å². The molecule has 0 bridgehead atoms. The summed E-state index contributed by atoms with van der Waals surface area (Å²) in [5.74, 6) is -0.0257. The van der Waals surface area contributed by atoms with Crippen LogP contribution in [0.4, 0.5) is 5.69 Å². The number of aromatic nitrogens is 1. The van der Waals surface area contributed by atoms with E-state index in [9.17, 15) is 9.59 Å². The maximum atomic E-state index is 12.0. The summed E-state index contributed by atoms with van der Waals surface area (Å²) < 4.78 is 20.8. The number of nitrogens with one attached hydrogen (secondary N) is 1. The van der Waals surface area contributed by atoms with E-state index in [2.05, 4.69) is 10.3 Å². The van der Waals surface area contributed by atoms with Crippen LogP contribution in [0, 0.1) is 0 Å². The molecule has 146 valence electrons. The van der Waals surface area contributed by atoms with Crippen LogP contribution >= 0.6 is 11.8 Å². The zero-order valence-corrected chi connectivity index (χ0v) is 16.1. The molecular formula is C19H18N2O6S. The molecule has 3 aromatic rings. The molecule has 2 aromatic carbocycles. The number of amides is 1. The van der Waals surface area contributed by atoms with E-state index in [0.717, 1.165) is 11.8 Å². The number of hydrogen-bond donors (Lipinski definition) is 1. The predicted molar refractivity (Wildman–Crippen MR) is 104 cm³/mol. The molecule has 0 aliphatic carbocycles. The van der Waals surface area contributed by atoms with Crippen molar-refractivity contribution < 1.29 is 28.2 Å². The number of rotatable bonds is 8. The molecule has 1 heterocycles. The van der Waals surface area contributed by atoms with Gasteiger partial charge in [-0.3, -0.25) is 9.59 Å².